The number of nitrogens with one attached hydrogen (secondary N) is 1. The van der Waals surface area contributed by atoms with Gasteiger partial charge in [-0.1, -0.05) is 6.07 Å². The zero-order valence-corrected chi connectivity index (χ0v) is 8.59. The highest BCUT2D eigenvalue weighted by Gasteiger charge is 2.40. The molecule has 3 nitrogen and oxygen atoms in total. The molecule has 0 spiro atoms. The number of hydrogen-bond donors (Lipinski definition) is 2. The smallest absolute Gasteiger partial charge is 0.324 e. The second-order valence-electron chi connectivity index (χ2n) is 3.37. The number of halogens is 4. The summed E-state index contributed by atoms with van der Waals surface area (Å²) in [6, 6.07) is 5.56. The minimum Gasteiger partial charge on any atom is -0.399 e. The quantitative estimate of drug-likeness (QED) is 0.633. The van der Waals surface area contributed by atoms with Crippen molar-refractivity contribution in [1.29, 1.82) is 0 Å². The normalized spacial score (nSPS) is 11.6. The first-order valence-corrected chi connectivity index (χ1v) is 4.62. The second kappa shape index (κ2) is 5.03. The standard InChI is InChI=1S/C10H10F4N2O/c11-9(12)10(13,14)5-16-8(17)6-2-1-3-7(15)4-6/h1-4,9H,5,15H2,(H,16,17). The molecule has 0 aliphatic carbocycles. The van der Waals surface area contributed by atoms with E-state index >= 15 is 0 Å². The zero-order valence-electron chi connectivity index (χ0n) is 8.59. The molecule has 0 unspecified atom stereocenters. The lowest BCUT2D eigenvalue weighted by molar-refractivity contribution is -0.123. The molecular weight excluding hydrogens is 240 g/mol. The predicted molar refractivity (Wildman–Crippen MR) is 54.1 cm³/mol. The highest BCUT2D eigenvalue weighted by Crippen LogP contribution is 2.21. The summed E-state index contributed by atoms with van der Waals surface area (Å²) in [6.45, 7) is -1.42. The van der Waals surface area contributed by atoms with Gasteiger partial charge in [-0.15, -0.1) is 0 Å². The summed E-state index contributed by atoms with van der Waals surface area (Å²) >= 11 is 0. The van der Waals surface area contributed by atoms with Crippen LogP contribution in [0.15, 0.2) is 24.3 Å². The third kappa shape index (κ3) is 3.61. The molecule has 0 atom stereocenters. The molecule has 1 aromatic rings. The zero-order chi connectivity index (χ0) is 13.1. The van der Waals surface area contributed by atoms with Crippen molar-refractivity contribution in [2.75, 3.05) is 12.3 Å². The van der Waals surface area contributed by atoms with Crippen LogP contribution in [0.25, 0.3) is 0 Å². The van der Waals surface area contributed by atoms with Gasteiger partial charge in [0.2, 0.25) is 0 Å². The Morgan fingerprint density at radius 2 is 2.06 bits per heavy atom. The van der Waals surface area contributed by atoms with E-state index in [1.807, 2.05) is 0 Å². The number of alkyl halides is 4. The van der Waals surface area contributed by atoms with Crippen LogP contribution in [0.4, 0.5) is 23.2 Å². The molecule has 0 saturated heterocycles. The lowest BCUT2D eigenvalue weighted by Crippen LogP contribution is -2.41. The van der Waals surface area contributed by atoms with Crippen molar-refractivity contribution in [3.63, 3.8) is 0 Å². The molecule has 0 bridgehead atoms. The van der Waals surface area contributed by atoms with E-state index in [2.05, 4.69) is 0 Å². The molecule has 0 saturated carbocycles. The molecular formula is C10H10F4N2O. The molecule has 1 amide bonds. The van der Waals surface area contributed by atoms with Gasteiger partial charge in [-0.3, -0.25) is 4.79 Å². The lowest BCUT2D eigenvalue weighted by atomic mass is 10.2. The van der Waals surface area contributed by atoms with E-state index in [-0.39, 0.29) is 11.3 Å². The average molecular weight is 250 g/mol. The van der Waals surface area contributed by atoms with Gasteiger partial charge in [0.1, 0.15) is 0 Å². The van der Waals surface area contributed by atoms with E-state index in [0.29, 0.717) is 0 Å². The Labute approximate surface area is 94.6 Å². The third-order valence-corrected chi connectivity index (χ3v) is 1.95. The van der Waals surface area contributed by atoms with Gasteiger partial charge in [0.25, 0.3) is 5.91 Å². The first-order valence-electron chi connectivity index (χ1n) is 4.62. The molecule has 0 radical (unpaired) electrons. The van der Waals surface area contributed by atoms with Crippen LogP contribution in [0.2, 0.25) is 0 Å². The van der Waals surface area contributed by atoms with Gasteiger partial charge in [0.05, 0.1) is 6.54 Å². The number of carbonyl (C=O) groups excluding carboxylic acids is 1. The summed E-state index contributed by atoms with van der Waals surface area (Å²) in [7, 11) is 0. The van der Waals surface area contributed by atoms with Crippen LogP contribution in [0.3, 0.4) is 0 Å². The van der Waals surface area contributed by atoms with Crippen molar-refractivity contribution in [1.82, 2.24) is 5.32 Å². The Hall–Kier alpha value is -1.79. The maximum atomic E-state index is 12.5. The van der Waals surface area contributed by atoms with Crippen LogP contribution in [0, 0.1) is 0 Å². The van der Waals surface area contributed by atoms with Crippen LogP contribution >= 0.6 is 0 Å². The van der Waals surface area contributed by atoms with Gasteiger partial charge in [-0.25, -0.2) is 8.78 Å². The van der Waals surface area contributed by atoms with Gasteiger partial charge in [-0.2, -0.15) is 8.78 Å². The number of benzene rings is 1. The number of carbonyl (C=O) groups is 1. The highest BCUT2D eigenvalue weighted by molar-refractivity contribution is 5.95. The van der Waals surface area contributed by atoms with Crippen molar-refractivity contribution >= 4 is 11.6 Å². The van der Waals surface area contributed by atoms with Crippen molar-refractivity contribution in [2.24, 2.45) is 0 Å². The Balaban J connectivity index is 2.62. The summed E-state index contributed by atoms with van der Waals surface area (Å²) in [6.07, 6.45) is -3.82. The molecule has 3 N–H and O–H groups in total. The van der Waals surface area contributed by atoms with Crippen molar-refractivity contribution in [2.45, 2.75) is 12.3 Å². The van der Waals surface area contributed by atoms with Crippen molar-refractivity contribution < 1.29 is 22.4 Å². The predicted octanol–water partition coefficient (Wildman–Crippen LogP) is 1.90. The number of amides is 1. The minimum atomic E-state index is -4.24. The fourth-order valence-corrected chi connectivity index (χ4v) is 1.06. The molecule has 0 heterocycles. The average Bonchev–Trinajstić information content (AvgIpc) is 2.25. The molecule has 0 aliphatic heterocycles. The summed E-state index contributed by atoms with van der Waals surface area (Å²) in [5, 5.41) is 1.72. The van der Waals surface area contributed by atoms with Gasteiger partial charge >= 0.3 is 12.3 Å². The minimum absolute atomic E-state index is 0.0371. The Kier molecular flexibility index (Phi) is 3.93. The monoisotopic (exact) mass is 250 g/mol. The van der Waals surface area contributed by atoms with E-state index in [1.165, 1.54) is 24.3 Å². The summed E-state index contributed by atoms with van der Waals surface area (Å²) in [5.74, 6) is -5.12. The molecule has 7 heteroatoms. The van der Waals surface area contributed by atoms with Gasteiger partial charge in [-0.05, 0) is 18.2 Å². The van der Waals surface area contributed by atoms with Gasteiger partial charge < -0.3 is 11.1 Å². The number of nitrogens with two attached hydrogens (primary N) is 1. The van der Waals surface area contributed by atoms with Crippen molar-refractivity contribution in [3.05, 3.63) is 29.8 Å². The van der Waals surface area contributed by atoms with E-state index in [9.17, 15) is 22.4 Å². The molecule has 94 valence electrons. The largest absolute Gasteiger partial charge is 0.399 e. The van der Waals surface area contributed by atoms with Crippen LogP contribution in [-0.2, 0) is 0 Å². The van der Waals surface area contributed by atoms with Gasteiger partial charge in [0, 0.05) is 11.3 Å². The number of rotatable bonds is 4. The summed E-state index contributed by atoms with van der Waals surface area (Å²) in [5.41, 5.74) is 5.69. The summed E-state index contributed by atoms with van der Waals surface area (Å²) < 4.78 is 48.6. The topological polar surface area (TPSA) is 55.1 Å². The maximum Gasteiger partial charge on any atom is 0.324 e. The molecule has 0 fully saturated rings. The lowest BCUT2D eigenvalue weighted by Gasteiger charge is -2.15. The molecule has 0 aromatic heterocycles. The first kappa shape index (κ1) is 13.3. The van der Waals surface area contributed by atoms with Gasteiger partial charge in [0.15, 0.2) is 0 Å². The number of nitrogen functional groups attached to an aromatic ring is 1. The van der Waals surface area contributed by atoms with Crippen LogP contribution in [0.1, 0.15) is 10.4 Å². The fourth-order valence-electron chi connectivity index (χ4n) is 1.06. The molecule has 1 aromatic carbocycles. The Morgan fingerprint density at radius 1 is 1.41 bits per heavy atom. The van der Waals surface area contributed by atoms with Crippen molar-refractivity contribution in [3.8, 4) is 0 Å². The maximum absolute atomic E-state index is 12.5. The SMILES string of the molecule is Nc1cccc(C(=O)NCC(F)(F)C(F)F)c1. The number of anilines is 1. The fraction of sp³-hybridized carbons (Fsp3) is 0.300. The third-order valence-electron chi connectivity index (χ3n) is 1.95. The summed E-state index contributed by atoms with van der Waals surface area (Å²) in [4.78, 5) is 11.3. The van der Waals surface area contributed by atoms with Crippen LogP contribution in [0.5, 0.6) is 0 Å². The molecule has 0 aliphatic rings. The molecule has 17 heavy (non-hydrogen) atoms. The highest BCUT2D eigenvalue weighted by atomic mass is 19.3. The Morgan fingerprint density at radius 3 is 2.59 bits per heavy atom. The van der Waals surface area contributed by atoms with E-state index < -0.39 is 24.8 Å². The Bertz CT molecular complexity index is 409. The second-order valence-corrected chi connectivity index (χ2v) is 3.37. The van der Waals surface area contributed by atoms with Crippen LogP contribution in [-0.4, -0.2) is 24.8 Å². The number of hydrogen-bond acceptors (Lipinski definition) is 2. The van der Waals surface area contributed by atoms with Crippen LogP contribution < -0.4 is 11.1 Å². The first-order chi connectivity index (χ1) is 7.83. The molecule has 1 rings (SSSR count). The van der Waals surface area contributed by atoms with E-state index in [4.69, 9.17) is 5.73 Å². The van der Waals surface area contributed by atoms with E-state index in [0.717, 1.165) is 0 Å². The van der Waals surface area contributed by atoms with E-state index in [1.54, 1.807) is 5.32 Å².